The van der Waals surface area contributed by atoms with Crippen molar-refractivity contribution in [3.8, 4) is 0 Å². The van der Waals surface area contributed by atoms with Gasteiger partial charge in [-0.25, -0.2) is 0 Å². The highest BCUT2D eigenvalue weighted by Crippen LogP contribution is 2.36. The van der Waals surface area contributed by atoms with E-state index in [1.165, 1.54) is 4.90 Å². The third kappa shape index (κ3) is 2.45. The molecule has 0 N–H and O–H groups in total. The predicted molar refractivity (Wildman–Crippen MR) is 65.8 cm³/mol. The van der Waals surface area contributed by atoms with Crippen LogP contribution >= 0.6 is 23.2 Å². The minimum Gasteiger partial charge on any atom is -0.363 e. The maximum absolute atomic E-state index is 12.6. The lowest BCUT2D eigenvalue weighted by Gasteiger charge is -2.33. The fourth-order valence-corrected chi connectivity index (χ4v) is 2.39. The van der Waals surface area contributed by atoms with Crippen LogP contribution in [-0.4, -0.2) is 17.6 Å². The van der Waals surface area contributed by atoms with E-state index in [0.717, 1.165) is 5.56 Å². The Morgan fingerprint density at radius 3 is 2.56 bits per heavy atom. The first-order chi connectivity index (χ1) is 8.30. The van der Waals surface area contributed by atoms with Gasteiger partial charge in [0.25, 0.3) is 0 Å². The van der Waals surface area contributed by atoms with Crippen LogP contribution in [0.1, 0.15) is 11.1 Å². The van der Waals surface area contributed by atoms with Gasteiger partial charge in [0.15, 0.2) is 0 Å². The minimum absolute atomic E-state index is 0.0903. The molecule has 0 spiro atoms. The third-order valence-corrected chi connectivity index (χ3v) is 3.85. The quantitative estimate of drug-likeness (QED) is 0.741. The van der Waals surface area contributed by atoms with Crippen LogP contribution < -0.4 is 0 Å². The van der Waals surface area contributed by atoms with E-state index in [-0.39, 0.29) is 13.1 Å². The average molecular weight is 296 g/mol. The number of fused-ring (bicyclic) bond motifs is 1. The van der Waals surface area contributed by atoms with Crippen LogP contribution in [0.4, 0.5) is 13.2 Å². The van der Waals surface area contributed by atoms with Crippen LogP contribution in [0.15, 0.2) is 24.4 Å². The Bertz CT molecular complexity index is 497. The van der Waals surface area contributed by atoms with Crippen LogP contribution in [0.25, 0.3) is 0 Å². The van der Waals surface area contributed by atoms with Crippen molar-refractivity contribution in [2.45, 2.75) is 19.1 Å². The summed E-state index contributed by atoms with van der Waals surface area (Å²) in [6.07, 6.45) is -3.91. The highest BCUT2D eigenvalue weighted by molar-refractivity contribution is 6.42. The van der Waals surface area contributed by atoms with E-state index in [9.17, 15) is 13.2 Å². The van der Waals surface area contributed by atoms with Crippen LogP contribution in [0, 0.1) is 0 Å². The zero-order valence-corrected chi connectivity index (χ0v) is 10.8. The van der Waals surface area contributed by atoms with Crippen LogP contribution in [0.3, 0.4) is 0 Å². The molecule has 1 aliphatic heterocycles. The molecule has 0 fully saturated rings. The Morgan fingerprint density at radius 1 is 1.28 bits per heavy atom. The molecule has 1 aliphatic rings. The molecule has 0 bridgehead atoms. The SMILES string of the molecule is C=C(N1CCc2ccc(Cl)c(Cl)c2C1)C(F)(F)F. The second-order valence-corrected chi connectivity index (χ2v) is 4.90. The molecule has 0 amide bonds. The number of rotatable bonds is 1. The highest BCUT2D eigenvalue weighted by Gasteiger charge is 2.37. The number of allylic oxidation sites excluding steroid dienone is 1. The van der Waals surface area contributed by atoms with Crippen molar-refractivity contribution in [1.29, 1.82) is 0 Å². The summed E-state index contributed by atoms with van der Waals surface area (Å²) in [6.45, 7) is 3.47. The molecule has 0 saturated carbocycles. The summed E-state index contributed by atoms with van der Waals surface area (Å²) in [5.41, 5.74) is 0.751. The molecule has 98 valence electrons. The summed E-state index contributed by atoms with van der Waals surface area (Å²) in [5, 5.41) is 0.684. The predicted octanol–water partition coefficient (Wildman–Crippen LogP) is 4.43. The van der Waals surface area contributed by atoms with Crippen LogP contribution in [-0.2, 0) is 13.0 Å². The van der Waals surface area contributed by atoms with Gasteiger partial charge in [-0.1, -0.05) is 35.8 Å². The fourth-order valence-electron chi connectivity index (χ4n) is 1.97. The van der Waals surface area contributed by atoms with Gasteiger partial charge < -0.3 is 4.90 Å². The summed E-state index contributed by atoms with van der Waals surface area (Å²) >= 11 is 11.9. The first kappa shape index (κ1) is 13.6. The molecule has 0 atom stereocenters. The number of nitrogens with zero attached hydrogens (tertiary/aromatic N) is 1. The standard InChI is InChI=1S/C12H10Cl2F3N/c1-7(12(15,16)17)18-5-4-8-2-3-10(13)11(14)9(8)6-18/h2-3H,1,4-6H2. The Morgan fingerprint density at radius 2 is 1.94 bits per heavy atom. The zero-order chi connectivity index (χ0) is 13.5. The van der Waals surface area contributed by atoms with Gasteiger partial charge in [0.1, 0.15) is 5.70 Å². The highest BCUT2D eigenvalue weighted by atomic mass is 35.5. The Labute approximate surface area is 113 Å². The third-order valence-electron chi connectivity index (χ3n) is 3.00. The summed E-state index contributed by atoms with van der Waals surface area (Å²) in [5.74, 6) is 0. The Kier molecular flexibility index (Phi) is 3.52. The van der Waals surface area contributed by atoms with E-state index in [0.29, 0.717) is 22.0 Å². The van der Waals surface area contributed by atoms with E-state index < -0.39 is 11.9 Å². The smallest absolute Gasteiger partial charge is 0.363 e. The number of benzene rings is 1. The van der Waals surface area contributed by atoms with Crippen molar-refractivity contribution in [2.75, 3.05) is 6.54 Å². The Balaban J connectivity index is 2.30. The van der Waals surface area contributed by atoms with Crippen molar-refractivity contribution in [3.05, 3.63) is 45.6 Å². The summed E-state index contributed by atoms with van der Waals surface area (Å²) in [4.78, 5) is 1.19. The first-order valence-electron chi connectivity index (χ1n) is 5.27. The molecular formula is C12H10Cl2F3N. The van der Waals surface area contributed by atoms with Crippen molar-refractivity contribution in [3.63, 3.8) is 0 Å². The minimum atomic E-state index is -4.41. The molecule has 1 aromatic carbocycles. The Hall–Kier alpha value is -0.870. The van der Waals surface area contributed by atoms with Gasteiger partial charge in [-0.15, -0.1) is 0 Å². The molecule has 1 aromatic rings. The molecule has 0 aliphatic carbocycles. The van der Waals surface area contributed by atoms with Gasteiger partial charge >= 0.3 is 6.18 Å². The molecular weight excluding hydrogens is 286 g/mol. The summed E-state index contributed by atoms with van der Waals surface area (Å²) < 4.78 is 37.8. The van der Waals surface area contributed by atoms with Crippen LogP contribution in [0.2, 0.25) is 10.0 Å². The number of alkyl halides is 3. The van der Waals surface area contributed by atoms with Gasteiger partial charge in [-0.3, -0.25) is 0 Å². The van der Waals surface area contributed by atoms with Gasteiger partial charge in [-0.2, -0.15) is 13.2 Å². The molecule has 1 heterocycles. The topological polar surface area (TPSA) is 3.24 Å². The van der Waals surface area contributed by atoms with Gasteiger partial charge in [0.05, 0.1) is 10.0 Å². The lowest BCUT2D eigenvalue weighted by Crippen LogP contribution is -2.35. The lowest BCUT2D eigenvalue weighted by atomic mass is 9.99. The molecule has 1 nitrogen and oxygen atoms in total. The van der Waals surface area contributed by atoms with Gasteiger partial charge in [0, 0.05) is 13.1 Å². The second kappa shape index (κ2) is 4.67. The van der Waals surface area contributed by atoms with Crippen molar-refractivity contribution >= 4 is 23.2 Å². The normalized spacial score (nSPS) is 15.5. The number of hydrogen-bond donors (Lipinski definition) is 0. The molecule has 0 saturated heterocycles. The maximum Gasteiger partial charge on any atom is 0.430 e. The van der Waals surface area contributed by atoms with Gasteiger partial charge in [-0.05, 0) is 23.6 Å². The van der Waals surface area contributed by atoms with Crippen molar-refractivity contribution in [1.82, 2.24) is 4.90 Å². The fraction of sp³-hybridized carbons (Fsp3) is 0.333. The zero-order valence-electron chi connectivity index (χ0n) is 9.32. The van der Waals surface area contributed by atoms with Crippen molar-refractivity contribution < 1.29 is 13.2 Å². The van der Waals surface area contributed by atoms with Crippen LogP contribution in [0.5, 0.6) is 0 Å². The van der Waals surface area contributed by atoms with Gasteiger partial charge in [0.2, 0.25) is 0 Å². The molecule has 2 rings (SSSR count). The molecule has 18 heavy (non-hydrogen) atoms. The average Bonchev–Trinajstić information content (AvgIpc) is 2.31. The molecule has 0 aromatic heterocycles. The number of hydrogen-bond acceptors (Lipinski definition) is 1. The summed E-state index contributed by atoms with van der Waals surface area (Å²) in [7, 11) is 0. The van der Waals surface area contributed by atoms with E-state index in [2.05, 4.69) is 6.58 Å². The summed E-state index contributed by atoms with van der Waals surface area (Å²) in [6, 6.07) is 3.47. The maximum atomic E-state index is 12.6. The monoisotopic (exact) mass is 295 g/mol. The van der Waals surface area contributed by atoms with E-state index in [1.54, 1.807) is 12.1 Å². The number of halogens is 5. The molecule has 6 heteroatoms. The largest absolute Gasteiger partial charge is 0.430 e. The lowest BCUT2D eigenvalue weighted by molar-refractivity contribution is -0.112. The molecule has 0 radical (unpaired) electrons. The van der Waals surface area contributed by atoms with E-state index >= 15 is 0 Å². The van der Waals surface area contributed by atoms with E-state index in [4.69, 9.17) is 23.2 Å². The second-order valence-electron chi connectivity index (χ2n) is 4.12. The first-order valence-corrected chi connectivity index (χ1v) is 6.03. The molecule has 0 unspecified atom stereocenters. The van der Waals surface area contributed by atoms with Crippen molar-refractivity contribution in [2.24, 2.45) is 0 Å². The van der Waals surface area contributed by atoms with E-state index in [1.807, 2.05) is 0 Å².